The fourth-order valence-corrected chi connectivity index (χ4v) is 9.29. The maximum absolute atomic E-state index is 11.3. The second kappa shape index (κ2) is 12.9. The molecule has 0 N–H and O–H groups in total. The number of hydrogen-bond acceptors (Lipinski definition) is 3. The molecule has 0 atom stereocenters. The monoisotopic (exact) mass is 752 g/mol. The molecule has 6 heteroatoms. The van der Waals surface area contributed by atoms with E-state index in [1.54, 1.807) is 0 Å². The molecule has 7 aromatic carbocycles. The first kappa shape index (κ1) is 32.9. The van der Waals surface area contributed by atoms with Crippen LogP contribution < -0.4 is 0 Å². The van der Waals surface area contributed by atoms with Crippen LogP contribution >= 0.6 is 0 Å². The van der Waals surface area contributed by atoms with Crippen molar-refractivity contribution in [1.82, 2.24) is 23.7 Å². The number of fused-ring (bicyclic) bond motifs is 9. The highest BCUT2D eigenvalue weighted by Gasteiger charge is 2.21. The molecule has 0 unspecified atom stereocenters. The minimum Gasteiger partial charge on any atom is -0.309 e. The zero-order valence-electron chi connectivity index (χ0n) is 31.7. The molecule has 0 aliphatic heterocycles. The van der Waals surface area contributed by atoms with Crippen molar-refractivity contribution in [2.24, 2.45) is 0 Å². The minimum absolute atomic E-state index is 0.577. The van der Waals surface area contributed by atoms with Gasteiger partial charge in [-0.05, 0) is 83.9 Å². The van der Waals surface area contributed by atoms with E-state index < -0.39 is 0 Å². The predicted octanol–water partition coefficient (Wildman–Crippen LogP) is 13.0. The molecule has 0 radical (unpaired) electrons. The molecular weight excluding hydrogens is 721 g/mol. The van der Waals surface area contributed by atoms with Gasteiger partial charge in [0.1, 0.15) is 17.7 Å². The zero-order chi connectivity index (χ0) is 39.0. The number of nitriles is 1. The van der Waals surface area contributed by atoms with Crippen molar-refractivity contribution in [3.8, 4) is 45.6 Å². The van der Waals surface area contributed by atoms with Gasteiger partial charge in [-0.3, -0.25) is 9.13 Å². The number of rotatable bonds is 5. The van der Waals surface area contributed by atoms with Crippen molar-refractivity contribution in [3.63, 3.8) is 0 Å². The van der Waals surface area contributed by atoms with Crippen LogP contribution in [0.5, 0.6) is 0 Å². The molecule has 6 nitrogen and oxygen atoms in total. The average Bonchev–Trinajstić information content (AvgIpc) is 3.95. The smallest absolute Gasteiger partial charge is 0.138 e. The third-order valence-electron chi connectivity index (χ3n) is 11.8. The second-order valence-corrected chi connectivity index (χ2v) is 14.9. The van der Waals surface area contributed by atoms with Gasteiger partial charge in [0.2, 0.25) is 0 Å². The lowest BCUT2D eigenvalue weighted by Gasteiger charge is -2.17. The highest BCUT2D eigenvalue weighted by molar-refractivity contribution is 6.11. The third kappa shape index (κ3) is 4.92. The van der Waals surface area contributed by atoms with Crippen LogP contribution in [0.2, 0.25) is 0 Å². The molecule has 0 saturated carbocycles. The van der Waals surface area contributed by atoms with E-state index in [2.05, 4.69) is 190 Å². The lowest BCUT2D eigenvalue weighted by atomic mass is 9.92. The first-order chi connectivity index (χ1) is 29.2. The molecule has 5 aromatic heterocycles. The maximum Gasteiger partial charge on any atom is 0.138 e. The van der Waals surface area contributed by atoms with Gasteiger partial charge < -0.3 is 4.57 Å². The standard InChI is InChI=1S/C53H32N6/c54-33-45-43(34-25-27-55-52(29-34)58-48-21-9-3-15-39(48)40-16-4-10-22-49(40)58)31-36(57-46-19-7-1-13-37(46)38-14-2-8-20-47(38)57)32-44(45)35-26-28-56-53(30-35)59-50-23-11-5-17-41(50)42-18-6-12-24-51(42)59/h1-32H. The number of benzene rings is 7. The van der Waals surface area contributed by atoms with Gasteiger partial charge in [-0.1, -0.05) is 109 Å². The van der Waals surface area contributed by atoms with Crippen molar-refractivity contribution >= 4 is 65.4 Å². The molecule has 0 saturated heterocycles. The van der Waals surface area contributed by atoms with Gasteiger partial charge in [-0.25, -0.2) is 9.97 Å². The summed E-state index contributed by atoms with van der Waals surface area (Å²) in [5, 5.41) is 18.3. The number of aromatic nitrogens is 5. The summed E-state index contributed by atoms with van der Waals surface area (Å²) in [4.78, 5) is 9.90. The summed E-state index contributed by atoms with van der Waals surface area (Å²) in [5.41, 5.74) is 11.5. The SMILES string of the molecule is N#Cc1c(-c2ccnc(-n3c4ccccc4c4ccccc43)c2)cc(-n2c3ccccc3c3ccccc32)cc1-c1ccnc(-n2c3ccccc3c3ccccc32)c1. The second-order valence-electron chi connectivity index (χ2n) is 14.9. The van der Waals surface area contributed by atoms with E-state index in [4.69, 9.17) is 9.97 Å². The topological polar surface area (TPSA) is 64.4 Å². The van der Waals surface area contributed by atoms with Crippen LogP contribution in [0.4, 0.5) is 0 Å². The number of nitrogens with zero attached hydrogens (tertiary/aromatic N) is 6. The van der Waals surface area contributed by atoms with Gasteiger partial charge in [0.05, 0.1) is 38.7 Å². The molecule has 5 heterocycles. The molecule has 0 fully saturated rings. The van der Waals surface area contributed by atoms with Gasteiger partial charge in [0.15, 0.2) is 0 Å². The molecule has 59 heavy (non-hydrogen) atoms. The number of hydrogen-bond donors (Lipinski definition) is 0. The Bertz CT molecular complexity index is 3370. The molecule has 0 spiro atoms. The van der Waals surface area contributed by atoms with Crippen molar-refractivity contribution in [2.45, 2.75) is 0 Å². The zero-order valence-corrected chi connectivity index (χ0v) is 31.7. The van der Waals surface area contributed by atoms with Crippen molar-refractivity contribution in [1.29, 1.82) is 5.26 Å². The van der Waals surface area contributed by atoms with E-state index >= 15 is 0 Å². The predicted molar refractivity (Wildman–Crippen MR) is 241 cm³/mol. The summed E-state index contributed by atoms with van der Waals surface area (Å²) in [6.07, 6.45) is 3.71. The first-order valence-electron chi connectivity index (χ1n) is 19.7. The quantitative estimate of drug-likeness (QED) is 0.176. The fraction of sp³-hybridized carbons (Fsp3) is 0. The first-order valence-corrected chi connectivity index (χ1v) is 19.7. The van der Waals surface area contributed by atoms with Gasteiger partial charge in [-0.15, -0.1) is 0 Å². The molecule has 12 aromatic rings. The van der Waals surface area contributed by atoms with Crippen LogP contribution in [-0.4, -0.2) is 23.7 Å². The molecule has 12 rings (SSSR count). The van der Waals surface area contributed by atoms with E-state index in [1.165, 1.54) is 32.3 Å². The minimum atomic E-state index is 0.577. The summed E-state index contributed by atoms with van der Waals surface area (Å²) in [7, 11) is 0. The summed E-state index contributed by atoms with van der Waals surface area (Å²) in [6, 6.07) is 66.2. The Kier molecular flexibility index (Phi) is 7.19. The van der Waals surface area contributed by atoms with Gasteiger partial charge in [0.25, 0.3) is 0 Å². The van der Waals surface area contributed by atoms with E-state index in [-0.39, 0.29) is 0 Å². The summed E-state index contributed by atoms with van der Waals surface area (Å²) < 4.78 is 6.76. The average molecular weight is 753 g/mol. The van der Waals surface area contributed by atoms with Crippen LogP contribution in [0, 0.1) is 11.3 Å². The molecule has 0 bridgehead atoms. The van der Waals surface area contributed by atoms with Crippen LogP contribution in [0.1, 0.15) is 5.56 Å². The third-order valence-corrected chi connectivity index (χ3v) is 11.8. The lowest BCUT2D eigenvalue weighted by molar-refractivity contribution is 1.08. The van der Waals surface area contributed by atoms with Crippen LogP contribution in [0.3, 0.4) is 0 Å². The highest BCUT2D eigenvalue weighted by atomic mass is 15.1. The van der Waals surface area contributed by atoms with Crippen molar-refractivity contribution in [3.05, 3.63) is 200 Å². The van der Waals surface area contributed by atoms with E-state index in [0.717, 1.165) is 72.7 Å². The molecule has 274 valence electrons. The molecule has 0 amide bonds. The van der Waals surface area contributed by atoms with Gasteiger partial charge in [-0.2, -0.15) is 5.26 Å². The highest BCUT2D eigenvalue weighted by Crippen LogP contribution is 2.41. The molecule has 0 aliphatic rings. The Labute approximate surface area is 338 Å². The van der Waals surface area contributed by atoms with E-state index in [9.17, 15) is 5.26 Å². The Hall–Kier alpha value is -8.27. The van der Waals surface area contributed by atoms with E-state index in [1.807, 2.05) is 24.5 Å². The largest absolute Gasteiger partial charge is 0.309 e. The van der Waals surface area contributed by atoms with Crippen molar-refractivity contribution in [2.75, 3.05) is 0 Å². The Morgan fingerprint density at radius 2 is 0.661 bits per heavy atom. The Morgan fingerprint density at radius 1 is 0.356 bits per heavy atom. The summed E-state index contributed by atoms with van der Waals surface area (Å²) >= 11 is 0. The maximum atomic E-state index is 11.3. The molecular formula is C53H32N6. The van der Waals surface area contributed by atoms with E-state index in [0.29, 0.717) is 5.56 Å². The van der Waals surface area contributed by atoms with Gasteiger partial charge >= 0.3 is 0 Å². The Balaban J connectivity index is 1.14. The Morgan fingerprint density at radius 3 is 0.983 bits per heavy atom. The number of pyridine rings is 2. The van der Waals surface area contributed by atoms with Gasteiger partial charge in [0, 0.05) is 61.5 Å². The molecule has 0 aliphatic carbocycles. The lowest BCUT2D eigenvalue weighted by Crippen LogP contribution is -2.02. The van der Waals surface area contributed by atoms with Crippen LogP contribution in [0.15, 0.2) is 194 Å². The fourth-order valence-electron chi connectivity index (χ4n) is 9.29. The number of para-hydroxylation sites is 6. The summed E-state index contributed by atoms with van der Waals surface area (Å²) in [5.74, 6) is 1.57. The normalized spacial score (nSPS) is 11.7. The van der Waals surface area contributed by atoms with Crippen molar-refractivity contribution < 1.29 is 0 Å². The van der Waals surface area contributed by atoms with Crippen LogP contribution in [-0.2, 0) is 0 Å². The van der Waals surface area contributed by atoms with Crippen LogP contribution in [0.25, 0.3) is 105 Å². The summed E-state index contributed by atoms with van der Waals surface area (Å²) in [6.45, 7) is 0.